The van der Waals surface area contributed by atoms with E-state index < -0.39 is 0 Å². The molecule has 0 atom stereocenters. The van der Waals surface area contributed by atoms with Crippen LogP contribution in [0.4, 0.5) is 0 Å². The molecule has 48 valence electrons. The fourth-order valence-electron chi connectivity index (χ4n) is 0.444. The van der Waals surface area contributed by atoms with Crippen molar-refractivity contribution in [2.75, 3.05) is 0 Å². The van der Waals surface area contributed by atoms with Gasteiger partial charge < -0.3 is 0 Å². The van der Waals surface area contributed by atoms with E-state index in [1.54, 1.807) is 13.0 Å². The monoisotopic (exact) mass is 126 g/mol. The van der Waals surface area contributed by atoms with Crippen LogP contribution in [0, 0.1) is 0 Å². The first-order chi connectivity index (χ1) is 4.34. The van der Waals surface area contributed by atoms with Crippen LogP contribution in [-0.2, 0) is 0 Å². The molecule has 0 aromatic carbocycles. The SMILES string of the molecule is CC=Cn1nn[nH]c1=O. The summed E-state index contributed by atoms with van der Waals surface area (Å²) >= 11 is 0. The molecular weight excluding hydrogens is 120 g/mol. The van der Waals surface area contributed by atoms with Crippen LogP contribution in [0.1, 0.15) is 6.92 Å². The van der Waals surface area contributed by atoms with Crippen LogP contribution in [-0.4, -0.2) is 20.2 Å². The molecule has 1 aromatic heterocycles. The van der Waals surface area contributed by atoms with Gasteiger partial charge in [-0.15, -0.1) is 0 Å². The minimum atomic E-state index is -0.326. The summed E-state index contributed by atoms with van der Waals surface area (Å²) in [5.74, 6) is 0. The molecule has 1 heterocycles. The summed E-state index contributed by atoms with van der Waals surface area (Å²) in [4.78, 5) is 10.5. The summed E-state index contributed by atoms with van der Waals surface area (Å²) in [6, 6.07) is 0. The molecule has 1 N–H and O–H groups in total. The van der Waals surface area contributed by atoms with Crippen LogP contribution in [0.2, 0.25) is 0 Å². The number of nitrogens with one attached hydrogen (secondary N) is 1. The Morgan fingerprint density at radius 3 is 3.00 bits per heavy atom. The van der Waals surface area contributed by atoms with E-state index in [1.807, 2.05) is 0 Å². The minimum absolute atomic E-state index is 0.326. The van der Waals surface area contributed by atoms with Crippen molar-refractivity contribution in [2.24, 2.45) is 0 Å². The van der Waals surface area contributed by atoms with Crippen molar-refractivity contribution >= 4 is 6.20 Å². The second kappa shape index (κ2) is 2.25. The molecule has 0 radical (unpaired) electrons. The average Bonchev–Trinajstić information content (AvgIpc) is 2.18. The molecule has 5 heteroatoms. The Morgan fingerprint density at radius 1 is 1.78 bits per heavy atom. The Labute approximate surface area is 51.0 Å². The summed E-state index contributed by atoms with van der Waals surface area (Å²) in [5.41, 5.74) is -0.326. The van der Waals surface area contributed by atoms with Crippen molar-refractivity contribution in [3.63, 3.8) is 0 Å². The first kappa shape index (κ1) is 5.74. The lowest BCUT2D eigenvalue weighted by Crippen LogP contribution is -2.12. The third kappa shape index (κ3) is 1.04. The lowest BCUT2D eigenvalue weighted by Gasteiger charge is -1.78. The van der Waals surface area contributed by atoms with Gasteiger partial charge in [0.1, 0.15) is 0 Å². The lowest BCUT2D eigenvalue weighted by molar-refractivity contribution is 0.812. The van der Waals surface area contributed by atoms with Crippen LogP contribution in [0.5, 0.6) is 0 Å². The number of H-pyrrole nitrogens is 1. The molecule has 9 heavy (non-hydrogen) atoms. The first-order valence-electron chi connectivity index (χ1n) is 2.47. The summed E-state index contributed by atoms with van der Waals surface area (Å²) in [6.45, 7) is 1.79. The number of nitrogens with zero attached hydrogens (tertiary/aromatic N) is 3. The van der Waals surface area contributed by atoms with E-state index >= 15 is 0 Å². The second-order valence-electron chi connectivity index (χ2n) is 1.43. The molecule has 1 aromatic rings. The molecule has 0 spiro atoms. The zero-order valence-corrected chi connectivity index (χ0v) is 4.90. The van der Waals surface area contributed by atoms with E-state index in [0.717, 1.165) is 4.68 Å². The quantitative estimate of drug-likeness (QED) is 0.549. The predicted molar refractivity (Wildman–Crippen MR) is 31.6 cm³/mol. The maximum atomic E-state index is 10.5. The standard InChI is InChI=1S/C4H6N4O/c1-2-3-8-4(9)5-6-7-8/h2-3H,1H3,(H,5,7,9). The molecule has 0 unspecified atom stereocenters. The summed E-state index contributed by atoms with van der Waals surface area (Å²) in [7, 11) is 0. The number of rotatable bonds is 1. The summed E-state index contributed by atoms with van der Waals surface area (Å²) < 4.78 is 1.11. The van der Waals surface area contributed by atoms with Gasteiger partial charge in [0.05, 0.1) is 0 Å². The first-order valence-corrected chi connectivity index (χ1v) is 2.47. The van der Waals surface area contributed by atoms with Crippen molar-refractivity contribution in [1.82, 2.24) is 20.2 Å². The second-order valence-corrected chi connectivity index (χ2v) is 1.43. The van der Waals surface area contributed by atoms with Gasteiger partial charge >= 0.3 is 5.69 Å². The number of aromatic amines is 1. The minimum Gasteiger partial charge on any atom is -0.244 e. The van der Waals surface area contributed by atoms with Crippen LogP contribution >= 0.6 is 0 Å². The van der Waals surface area contributed by atoms with Gasteiger partial charge in [-0.05, 0) is 17.4 Å². The van der Waals surface area contributed by atoms with Crippen LogP contribution in [0.3, 0.4) is 0 Å². The topological polar surface area (TPSA) is 63.6 Å². The molecular formula is C4H6N4O. The molecule has 0 aliphatic heterocycles. The Hall–Kier alpha value is -1.39. The van der Waals surface area contributed by atoms with Gasteiger partial charge in [0, 0.05) is 6.20 Å². The van der Waals surface area contributed by atoms with Gasteiger partial charge in [-0.3, -0.25) is 0 Å². The molecule has 1 rings (SSSR count). The van der Waals surface area contributed by atoms with Crippen molar-refractivity contribution in [3.8, 4) is 0 Å². The summed E-state index contributed by atoms with van der Waals surface area (Å²) in [6.07, 6.45) is 3.22. The number of aromatic nitrogens is 4. The normalized spacial score (nSPS) is 10.8. The van der Waals surface area contributed by atoms with Crippen molar-refractivity contribution in [3.05, 3.63) is 16.6 Å². The van der Waals surface area contributed by atoms with Crippen LogP contribution < -0.4 is 5.69 Å². The highest BCUT2D eigenvalue weighted by Crippen LogP contribution is 1.70. The molecule has 0 fully saturated rings. The van der Waals surface area contributed by atoms with Gasteiger partial charge in [0.25, 0.3) is 0 Å². The van der Waals surface area contributed by atoms with Crippen LogP contribution in [0.15, 0.2) is 10.9 Å². The molecule has 0 bridgehead atoms. The predicted octanol–water partition coefficient (Wildman–Crippen LogP) is -0.543. The fourth-order valence-corrected chi connectivity index (χ4v) is 0.444. The Kier molecular flexibility index (Phi) is 1.44. The molecule has 0 aliphatic rings. The molecule has 0 saturated heterocycles. The Bertz CT molecular complexity index is 258. The van der Waals surface area contributed by atoms with Gasteiger partial charge in [0.15, 0.2) is 0 Å². The van der Waals surface area contributed by atoms with Gasteiger partial charge in [0.2, 0.25) is 0 Å². The third-order valence-corrected chi connectivity index (χ3v) is 0.785. The van der Waals surface area contributed by atoms with Crippen molar-refractivity contribution < 1.29 is 0 Å². The largest absolute Gasteiger partial charge is 0.365 e. The number of hydrogen-bond acceptors (Lipinski definition) is 3. The van der Waals surface area contributed by atoms with E-state index in [0.29, 0.717) is 0 Å². The van der Waals surface area contributed by atoms with Crippen molar-refractivity contribution in [2.45, 2.75) is 6.92 Å². The highest BCUT2D eigenvalue weighted by atomic mass is 16.2. The average molecular weight is 126 g/mol. The zero-order chi connectivity index (χ0) is 6.69. The number of hydrogen-bond donors (Lipinski definition) is 1. The fraction of sp³-hybridized carbons (Fsp3) is 0.250. The van der Waals surface area contributed by atoms with Gasteiger partial charge in [-0.1, -0.05) is 6.08 Å². The zero-order valence-electron chi connectivity index (χ0n) is 4.90. The lowest BCUT2D eigenvalue weighted by atomic mass is 10.7. The van der Waals surface area contributed by atoms with Crippen LogP contribution in [0.25, 0.3) is 6.20 Å². The highest BCUT2D eigenvalue weighted by molar-refractivity contribution is 5.15. The Balaban J connectivity index is 3.08. The van der Waals surface area contributed by atoms with E-state index in [-0.39, 0.29) is 5.69 Å². The van der Waals surface area contributed by atoms with E-state index in [1.165, 1.54) is 6.20 Å². The smallest absolute Gasteiger partial charge is 0.244 e. The maximum absolute atomic E-state index is 10.5. The van der Waals surface area contributed by atoms with E-state index in [4.69, 9.17) is 0 Å². The van der Waals surface area contributed by atoms with E-state index in [2.05, 4.69) is 15.5 Å². The highest BCUT2D eigenvalue weighted by Gasteiger charge is 1.88. The molecule has 0 amide bonds. The maximum Gasteiger partial charge on any atom is 0.365 e. The molecule has 0 aliphatic carbocycles. The molecule has 0 saturated carbocycles. The summed E-state index contributed by atoms with van der Waals surface area (Å²) in [5, 5.41) is 8.83. The third-order valence-electron chi connectivity index (χ3n) is 0.785. The van der Waals surface area contributed by atoms with Gasteiger partial charge in [-0.25, -0.2) is 9.89 Å². The Morgan fingerprint density at radius 2 is 2.56 bits per heavy atom. The van der Waals surface area contributed by atoms with E-state index in [9.17, 15) is 4.79 Å². The number of allylic oxidation sites excluding steroid dienone is 1. The van der Waals surface area contributed by atoms with Gasteiger partial charge in [-0.2, -0.15) is 4.68 Å². The van der Waals surface area contributed by atoms with Crippen molar-refractivity contribution in [1.29, 1.82) is 0 Å². The number of tetrazole rings is 1. The molecule has 5 nitrogen and oxygen atoms in total.